The van der Waals surface area contributed by atoms with Crippen LogP contribution < -0.4 is 19.2 Å². The largest absolute Gasteiger partial charge is 0.495 e. The summed E-state index contributed by atoms with van der Waals surface area (Å²) < 4.78 is 39.7. The first-order valence-corrected chi connectivity index (χ1v) is 14.6. The quantitative estimate of drug-likeness (QED) is 0.125. The van der Waals surface area contributed by atoms with E-state index in [0.29, 0.717) is 17.9 Å². The molecule has 0 atom stereocenters. The molecule has 0 heterocycles. The van der Waals surface area contributed by atoms with Gasteiger partial charge in [-0.15, -0.1) is 0 Å². The first-order chi connectivity index (χ1) is 20.6. The van der Waals surface area contributed by atoms with Crippen LogP contribution in [0.2, 0.25) is 5.02 Å². The average molecular weight is 623 g/mol. The van der Waals surface area contributed by atoms with Crippen molar-refractivity contribution in [3.63, 3.8) is 0 Å². The highest BCUT2D eigenvalue weighted by molar-refractivity contribution is 7.92. The monoisotopic (exact) mass is 622 g/mol. The Morgan fingerprint density at radius 1 is 1.02 bits per heavy atom. The lowest BCUT2D eigenvalue weighted by atomic mass is 10.2. The topological polar surface area (TPSA) is 140 Å². The summed E-state index contributed by atoms with van der Waals surface area (Å²) in [6.07, 6.45) is 1.38. The molecule has 0 unspecified atom stereocenters. The van der Waals surface area contributed by atoms with Crippen molar-refractivity contribution in [2.24, 2.45) is 5.10 Å². The molecule has 11 nitrogen and oxygen atoms in total. The number of carbonyl (C=O) groups is 1. The van der Waals surface area contributed by atoms with E-state index < -0.39 is 32.3 Å². The minimum absolute atomic E-state index is 0.0444. The number of rotatable bonds is 12. The SMILES string of the molecule is COc1ccc(Cl)cc1N(CC(=O)N/N=C\c1ccccc1OCc1ccccc1)S(=O)(=O)c1ccc(C)c([N+](=O)[O-])c1. The number of hydrazone groups is 1. The Balaban J connectivity index is 1.59. The van der Waals surface area contributed by atoms with Crippen LogP contribution in [0.25, 0.3) is 0 Å². The molecular weight excluding hydrogens is 596 g/mol. The fourth-order valence-corrected chi connectivity index (χ4v) is 5.64. The van der Waals surface area contributed by atoms with Crippen LogP contribution in [0, 0.1) is 17.0 Å². The fourth-order valence-electron chi connectivity index (χ4n) is 4.02. The maximum atomic E-state index is 13.8. The molecule has 4 aromatic rings. The molecule has 13 heteroatoms. The molecule has 0 saturated carbocycles. The third-order valence-electron chi connectivity index (χ3n) is 6.21. The third-order valence-corrected chi connectivity index (χ3v) is 8.20. The lowest BCUT2D eigenvalue weighted by molar-refractivity contribution is -0.385. The number of nitro groups is 1. The van der Waals surface area contributed by atoms with Gasteiger partial charge in [-0.3, -0.25) is 19.2 Å². The van der Waals surface area contributed by atoms with Gasteiger partial charge in [0.05, 0.1) is 28.8 Å². The zero-order chi connectivity index (χ0) is 31.0. The molecule has 0 radical (unpaired) electrons. The first kappa shape index (κ1) is 31.0. The number of nitro benzene ring substituents is 1. The fraction of sp³-hybridized carbons (Fsp3) is 0.133. The van der Waals surface area contributed by atoms with Gasteiger partial charge in [-0.05, 0) is 48.9 Å². The number of ether oxygens (including phenoxy) is 2. The Kier molecular flexibility index (Phi) is 9.96. The van der Waals surface area contributed by atoms with Crippen molar-refractivity contribution in [2.75, 3.05) is 18.0 Å². The minimum Gasteiger partial charge on any atom is -0.495 e. The number of benzene rings is 4. The normalized spacial score (nSPS) is 11.2. The Hall–Kier alpha value is -4.94. The zero-order valence-electron chi connectivity index (χ0n) is 23.1. The number of methoxy groups -OCH3 is 1. The number of hydrogen-bond donors (Lipinski definition) is 1. The van der Waals surface area contributed by atoms with Crippen molar-refractivity contribution < 1.29 is 27.6 Å². The first-order valence-electron chi connectivity index (χ1n) is 12.8. The van der Waals surface area contributed by atoms with Crippen molar-refractivity contribution >= 4 is 45.1 Å². The highest BCUT2D eigenvalue weighted by Gasteiger charge is 2.31. The minimum atomic E-state index is -4.53. The molecule has 0 aliphatic rings. The van der Waals surface area contributed by atoms with Gasteiger partial charge in [0, 0.05) is 22.2 Å². The van der Waals surface area contributed by atoms with Gasteiger partial charge in [-0.1, -0.05) is 60.1 Å². The van der Waals surface area contributed by atoms with Gasteiger partial charge in [0.2, 0.25) is 0 Å². The molecule has 0 saturated heterocycles. The van der Waals surface area contributed by atoms with Crippen LogP contribution in [-0.2, 0) is 21.4 Å². The van der Waals surface area contributed by atoms with E-state index in [1.807, 2.05) is 30.3 Å². The Morgan fingerprint density at radius 3 is 2.47 bits per heavy atom. The van der Waals surface area contributed by atoms with E-state index in [9.17, 15) is 23.3 Å². The van der Waals surface area contributed by atoms with Crippen molar-refractivity contribution in [1.82, 2.24) is 5.43 Å². The zero-order valence-corrected chi connectivity index (χ0v) is 24.7. The standard InChI is InChI=1S/C30H27ClN4O7S/c1-21-12-14-25(17-26(21)35(37)38)43(39,40)34(27-16-24(31)13-15-29(27)41-2)19-30(36)33-32-18-23-10-6-7-11-28(23)42-20-22-8-4-3-5-9-22/h3-18H,19-20H2,1-2H3,(H,33,36)/b32-18-. The Morgan fingerprint density at radius 2 is 1.74 bits per heavy atom. The van der Waals surface area contributed by atoms with Crippen molar-refractivity contribution in [1.29, 1.82) is 0 Å². The Labute approximate surface area is 253 Å². The molecule has 0 aromatic heterocycles. The number of amides is 1. The van der Waals surface area contributed by atoms with Gasteiger partial charge in [-0.2, -0.15) is 5.10 Å². The van der Waals surface area contributed by atoms with Gasteiger partial charge in [-0.25, -0.2) is 13.8 Å². The summed E-state index contributed by atoms with van der Waals surface area (Å²) in [6, 6.07) is 24.4. The highest BCUT2D eigenvalue weighted by Crippen LogP contribution is 2.35. The molecule has 1 amide bonds. The number of para-hydroxylation sites is 1. The molecule has 222 valence electrons. The van der Waals surface area contributed by atoms with Crippen LogP contribution >= 0.6 is 11.6 Å². The molecule has 4 rings (SSSR count). The second-order valence-electron chi connectivity index (χ2n) is 9.14. The molecule has 4 aromatic carbocycles. The number of hydrogen-bond acceptors (Lipinski definition) is 8. The molecule has 43 heavy (non-hydrogen) atoms. The third kappa shape index (κ3) is 7.67. The van der Waals surface area contributed by atoms with Gasteiger partial charge < -0.3 is 9.47 Å². The van der Waals surface area contributed by atoms with Crippen molar-refractivity contribution in [3.05, 3.63) is 123 Å². The van der Waals surface area contributed by atoms with Crippen LogP contribution in [-0.4, -0.2) is 39.1 Å². The lowest BCUT2D eigenvalue weighted by Gasteiger charge is -2.25. The highest BCUT2D eigenvalue weighted by atomic mass is 35.5. The summed E-state index contributed by atoms with van der Waals surface area (Å²) >= 11 is 6.17. The second kappa shape index (κ2) is 13.8. The molecule has 1 N–H and O–H groups in total. The van der Waals surface area contributed by atoms with Crippen LogP contribution in [0.3, 0.4) is 0 Å². The van der Waals surface area contributed by atoms with Crippen LogP contribution in [0.4, 0.5) is 11.4 Å². The summed E-state index contributed by atoms with van der Waals surface area (Å²) in [7, 11) is -3.20. The summed E-state index contributed by atoms with van der Waals surface area (Å²) in [5.41, 5.74) is 3.72. The second-order valence-corrected chi connectivity index (χ2v) is 11.4. The summed E-state index contributed by atoms with van der Waals surface area (Å²) in [5.74, 6) is -0.167. The summed E-state index contributed by atoms with van der Waals surface area (Å²) in [5, 5.41) is 15.7. The van der Waals surface area contributed by atoms with E-state index in [1.54, 1.807) is 24.3 Å². The van der Waals surface area contributed by atoms with E-state index in [2.05, 4.69) is 10.5 Å². The number of sulfonamides is 1. The number of nitrogens with zero attached hydrogens (tertiary/aromatic N) is 3. The average Bonchev–Trinajstić information content (AvgIpc) is 2.99. The maximum absolute atomic E-state index is 13.8. The summed E-state index contributed by atoms with van der Waals surface area (Å²) in [6.45, 7) is 1.07. The number of carbonyl (C=O) groups excluding carboxylic acids is 1. The number of nitrogens with one attached hydrogen (secondary N) is 1. The molecule has 0 aliphatic heterocycles. The van der Waals surface area contributed by atoms with Crippen LogP contribution in [0.5, 0.6) is 11.5 Å². The van der Waals surface area contributed by atoms with Gasteiger partial charge in [0.15, 0.2) is 0 Å². The molecule has 0 fully saturated rings. The van der Waals surface area contributed by atoms with Gasteiger partial charge in [0.25, 0.3) is 21.6 Å². The molecule has 0 aliphatic carbocycles. The predicted octanol–water partition coefficient (Wildman–Crippen LogP) is 5.49. The maximum Gasteiger partial charge on any atom is 0.273 e. The molecule has 0 spiro atoms. The number of anilines is 1. The number of aryl methyl sites for hydroxylation is 1. The van der Waals surface area contributed by atoms with Gasteiger partial charge in [0.1, 0.15) is 24.7 Å². The van der Waals surface area contributed by atoms with E-state index in [0.717, 1.165) is 15.9 Å². The smallest absolute Gasteiger partial charge is 0.273 e. The van der Waals surface area contributed by atoms with Crippen molar-refractivity contribution in [2.45, 2.75) is 18.4 Å². The molecule has 0 bridgehead atoms. The number of halogens is 1. The van der Waals surface area contributed by atoms with E-state index in [1.165, 1.54) is 50.6 Å². The van der Waals surface area contributed by atoms with Crippen molar-refractivity contribution in [3.8, 4) is 11.5 Å². The summed E-state index contributed by atoms with van der Waals surface area (Å²) in [4.78, 5) is 23.5. The molecular formula is C30H27ClN4O7S. The van der Waals surface area contributed by atoms with Gasteiger partial charge >= 0.3 is 0 Å². The predicted molar refractivity (Wildman–Crippen MR) is 163 cm³/mol. The van der Waals surface area contributed by atoms with E-state index in [4.69, 9.17) is 21.1 Å². The Bertz CT molecular complexity index is 1770. The van der Waals surface area contributed by atoms with E-state index in [-0.39, 0.29) is 27.7 Å². The van der Waals surface area contributed by atoms with E-state index >= 15 is 0 Å². The van der Waals surface area contributed by atoms with Crippen LogP contribution in [0.1, 0.15) is 16.7 Å². The van der Waals surface area contributed by atoms with Crippen LogP contribution in [0.15, 0.2) is 101 Å². The lowest BCUT2D eigenvalue weighted by Crippen LogP contribution is -2.39.